The summed E-state index contributed by atoms with van der Waals surface area (Å²) in [6, 6.07) is 8.25. The molecule has 0 radical (unpaired) electrons. The Morgan fingerprint density at radius 1 is 1.14 bits per heavy atom. The number of likely N-dealkylation sites (tertiary alicyclic amines) is 1. The molecular weight excluding hydrogens is 260 g/mol. The minimum absolute atomic E-state index is 0.0830. The number of rotatable bonds is 3. The maximum absolute atomic E-state index is 12.8. The Morgan fingerprint density at radius 3 is 2.38 bits per heavy atom. The predicted octanol–water partition coefficient (Wildman–Crippen LogP) is 3.14. The van der Waals surface area contributed by atoms with Gasteiger partial charge in [0.1, 0.15) is 0 Å². The van der Waals surface area contributed by atoms with Gasteiger partial charge in [-0.1, -0.05) is 37.1 Å². The minimum Gasteiger partial charge on any atom is -0.342 e. The van der Waals surface area contributed by atoms with Crippen molar-refractivity contribution in [3.8, 4) is 0 Å². The smallest absolute Gasteiger partial charge is 0.229 e. The highest BCUT2D eigenvalue weighted by molar-refractivity contribution is 5.84. The zero-order valence-electron chi connectivity index (χ0n) is 13.0. The lowest BCUT2D eigenvalue weighted by Gasteiger charge is -2.26. The highest BCUT2D eigenvalue weighted by Crippen LogP contribution is 2.45. The monoisotopic (exact) mass is 286 g/mol. The predicted molar refractivity (Wildman–Crippen MR) is 85.0 cm³/mol. The molecular formula is C18H26N2O. The normalized spacial score (nSPS) is 22.5. The third-order valence-corrected chi connectivity index (χ3v) is 5.04. The van der Waals surface area contributed by atoms with Crippen LogP contribution in [0.15, 0.2) is 24.3 Å². The van der Waals surface area contributed by atoms with E-state index in [2.05, 4.69) is 17.0 Å². The lowest BCUT2D eigenvalue weighted by Crippen LogP contribution is -2.36. The second-order valence-corrected chi connectivity index (χ2v) is 6.70. The van der Waals surface area contributed by atoms with E-state index in [4.69, 9.17) is 5.73 Å². The topological polar surface area (TPSA) is 46.3 Å². The molecule has 3 heteroatoms. The summed E-state index contributed by atoms with van der Waals surface area (Å²) in [5, 5.41) is 0. The highest BCUT2D eigenvalue weighted by atomic mass is 16.2. The van der Waals surface area contributed by atoms with Gasteiger partial charge in [0.05, 0.1) is 5.92 Å². The van der Waals surface area contributed by atoms with Crippen molar-refractivity contribution >= 4 is 5.91 Å². The van der Waals surface area contributed by atoms with E-state index < -0.39 is 0 Å². The van der Waals surface area contributed by atoms with Gasteiger partial charge in [-0.15, -0.1) is 0 Å². The lowest BCUT2D eigenvalue weighted by atomic mass is 9.90. The average molecular weight is 286 g/mol. The van der Waals surface area contributed by atoms with Crippen LogP contribution in [-0.4, -0.2) is 23.9 Å². The maximum atomic E-state index is 12.8. The van der Waals surface area contributed by atoms with Gasteiger partial charge in [-0.3, -0.25) is 4.79 Å². The Morgan fingerprint density at radius 2 is 1.76 bits per heavy atom. The molecule has 1 heterocycles. The van der Waals surface area contributed by atoms with Crippen LogP contribution in [0.25, 0.3) is 0 Å². The SMILES string of the molecule is CC(C(=O)N1CCCCCC1)c1ccccc1C1(N)CC1. The van der Waals surface area contributed by atoms with Gasteiger partial charge in [-0.25, -0.2) is 0 Å². The number of carbonyl (C=O) groups excluding carboxylic acids is 1. The Bertz CT molecular complexity index is 514. The molecule has 3 nitrogen and oxygen atoms in total. The first-order chi connectivity index (χ1) is 10.1. The average Bonchev–Trinajstić information content (AvgIpc) is 3.30. The lowest BCUT2D eigenvalue weighted by molar-refractivity contribution is -0.132. The molecule has 2 fully saturated rings. The van der Waals surface area contributed by atoms with Crippen molar-refractivity contribution < 1.29 is 4.79 Å². The summed E-state index contributed by atoms with van der Waals surface area (Å²) in [4.78, 5) is 14.9. The van der Waals surface area contributed by atoms with Gasteiger partial charge in [0.2, 0.25) is 5.91 Å². The van der Waals surface area contributed by atoms with Gasteiger partial charge in [0.15, 0.2) is 0 Å². The fourth-order valence-corrected chi connectivity index (χ4v) is 3.43. The van der Waals surface area contributed by atoms with E-state index >= 15 is 0 Å². The highest BCUT2D eigenvalue weighted by Gasteiger charge is 2.42. The molecule has 2 N–H and O–H groups in total. The van der Waals surface area contributed by atoms with Gasteiger partial charge in [-0.05, 0) is 43.7 Å². The van der Waals surface area contributed by atoms with Crippen molar-refractivity contribution in [2.45, 2.75) is 56.9 Å². The summed E-state index contributed by atoms with van der Waals surface area (Å²) in [5.41, 5.74) is 8.52. The van der Waals surface area contributed by atoms with E-state index in [0.717, 1.165) is 44.3 Å². The van der Waals surface area contributed by atoms with Gasteiger partial charge >= 0.3 is 0 Å². The van der Waals surface area contributed by atoms with Crippen LogP contribution in [0.1, 0.15) is 62.5 Å². The molecule has 1 saturated heterocycles. The van der Waals surface area contributed by atoms with Crippen molar-refractivity contribution in [1.82, 2.24) is 4.90 Å². The number of amides is 1. The summed E-state index contributed by atoms with van der Waals surface area (Å²) < 4.78 is 0. The van der Waals surface area contributed by atoms with Crippen molar-refractivity contribution in [1.29, 1.82) is 0 Å². The van der Waals surface area contributed by atoms with Gasteiger partial charge < -0.3 is 10.6 Å². The molecule has 1 atom stereocenters. The number of nitrogens with two attached hydrogens (primary N) is 1. The minimum atomic E-state index is -0.177. The maximum Gasteiger partial charge on any atom is 0.229 e. The van der Waals surface area contributed by atoms with Crippen LogP contribution in [0.3, 0.4) is 0 Å². The van der Waals surface area contributed by atoms with Gasteiger partial charge in [-0.2, -0.15) is 0 Å². The van der Waals surface area contributed by atoms with Gasteiger partial charge in [0, 0.05) is 18.6 Å². The first-order valence-corrected chi connectivity index (χ1v) is 8.29. The Balaban J connectivity index is 1.81. The zero-order chi connectivity index (χ0) is 14.9. The molecule has 0 bridgehead atoms. The van der Waals surface area contributed by atoms with E-state index in [1.54, 1.807) is 0 Å². The van der Waals surface area contributed by atoms with E-state index in [1.807, 2.05) is 19.1 Å². The molecule has 2 aliphatic rings. The second kappa shape index (κ2) is 5.80. The van der Waals surface area contributed by atoms with E-state index in [9.17, 15) is 4.79 Å². The van der Waals surface area contributed by atoms with Crippen molar-refractivity contribution in [2.24, 2.45) is 5.73 Å². The van der Waals surface area contributed by atoms with Crippen LogP contribution >= 0.6 is 0 Å². The van der Waals surface area contributed by atoms with E-state index in [0.29, 0.717) is 0 Å². The van der Waals surface area contributed by atoms with Crippen LogP contribution in [-0.2, 0) is 10.3 Å². The third kappa shape index (κ3) is 2.98. The van der Waals surface area contributed by atoms with Crippen molar-refractivity contribution in [3.05, 3.63) is 35.4 Å². The fraction of sp³-hybridized carbons (Fsp3) is 0.611. The third-order valence-electron chi connectivity index (χ3n) is 5.04. The number of hydrogen-bond donors (Lipinski definition) is 1. The Hall–Kier alpha value is -1.35. The van der Waals surface area contributed by atoms with Crippen molar-refractivity contribution in [2.75, 3.05) is 13.1 Å². The molecule has 1 aromatic carbocycles. The van der Waals surface area contributed by atoms with Crippen molar-refractivity contribution in [3.63, 3.8) is 0 Å². The van der Waals surface area contributed by atoms with Crippen LogP contribution in [0, 0.1) is 0 Å². The molecule has 1 saturated carbocycles. The van der Waals surface area contributed by atoms with E-state index in [-0.39, 0.29) is 17.4 Å². The molecule has 21 heavy (non-hydrogen) atoms. The molecule has 1 aliphatic carbocycles. The summed E-state index contributed by atoms with van der Waals surface area (Å²) in [6.45, 7) is 3.87. The first kappa shape index (κ1) is 14.6. The van der Waals surface area contributed by atoms with E-state index in [1.165, 1.54) is 18.4 Å². The van der Waals surface area contributed by atoms with Crippen LogP contribution in [0.4, 0.5) is 0 Å². The molecule has 1 amide bonds. The number of carbonyl (C=O) groups is 1. The zero-order valence-corrected chi connectivity index (χ0v) is 13.0. The molecule has 1 aromatic rings. The summed E-state index contributed by atoms with van der Waals surface area (Å²) >= 11 is 0. The number of nitrogens with zero attached hydrogens (tertiary/aromatic N) is 1. The summed E-state index contributed by atoms with van der Waals surface area (Å²) in [6.07, 6.45) is 6.85. The quantitative estimate of drug-likeness (QED) is 0.928. The Kier molecular flexibility index (Phi) is 4.03. The van der Waals surface area contributed by atoms with Crippen LogP contribution in [0.2, 0.25) is 0 Å². The number of hydrogen-bond acceptors (Lipinski definition) is 2. The first-order valence-electron chi connectivity index (χ1n) is 8.29. The molecule has 1 aliphatic heterocycles. The van der Waals surface area contributed by atoms with Gasteiger partial charge in [0.25, 0.3) is 0 Å². The molecule has 3 rings (SSSR count). The number of benzene rings is 1. The summed E-state index contributed by atoms with van der Waals surface area (Å²) in [7, 11) is 0. The molecule has 114 valence electrons. The molecule has 0 spiro atoms. The largest absolute Gasteiger partial charge is 0.342 e. The fourth-order valence-electron chi connectivity index (χ4n) is 3.43. The molecule has 0 aromatic heterocycles. The second-order valence-electron chi connectivity index (χ2n) is 6.70. The Labute approximate surface area is 127 Å². The molecule has 1 unspecified atom stereocenters. The van der Waals surface area contributed by atoms with Crippen LogP contribution < -0.4 is 5.73 Å². The van der Waals surface area contributed by atoms with Crippen LogP contribution in [0.5, 0.6) is 0 Å². The summed E-state index contributed by atoms with van der Waals surface area (Å²) in [5.74, 6) is 0.189. The standard InChI is InChI=1S/C18H26N2O/c1-14(17(21)20-12-6-2-3-7-13-20)15-8-4-5-9-16(15)18(19)10-11-18/h4-5,8-9,14H,2-3,6-7,10-13,19H2,1H3.